The number of carbonyl (C=O) groups is 1. The molecule has 0 unspecified atom stereocenters. The number of carbonyl (C=O) groups excluding carboxylic acids is 1. The Morgan fingerprint density at radius 2 is 1.95 bits per heavy atom. The summed E-state index contributed by atoms with van der Waals surface area (Å²) in [6, 6.07) is 9.17. The Bertz CT molecular complexity index is 815. The highest BCUT2D eigenvalue weighted by atomic mass is 19.1. The largest absolute Gasteiger partial charge is 0.322 e. The van der Waals surface area contributed by atoms with Gasteiger partial charge in [-0.1, -0.05) is 0 Å². The zero-order valence-electron chi connectivity index (χ0n) is 11.3. The molecule has 2 heterocycles. The number of pyridine rings is 2. The molecule has 0 saturated heterocycles. The lowest BCUT2D eigenvalue weighted by Crippen LogP contribution is -2.14. The van der Waals surface area contributed by atoms with Crippen molar-refractivity contribution >= 4 is 22.5 Å². The zero-order valence-corrected chi connectivity index (χ0v) is 11.3. The molecule has 0 aliphatic heterocycles. The molecular weight excluding hydrogens is 269 g/mol. The first-order valence-corrected chi connectivity index (χ1v) is 6.42. The van der Waals surface area contributed by atoms with Crippen molar-refractivity contribution in [2.24, 2.45) is 0 Å². The van der Waals surface area contributed by atoms with E-state index in [0.29, 0.717) is 16.9 Å². The van der Waals surface area contributed by atoms with Crippen molar-refractivity contribution in [1.82, 2.24) is 9.97 Å². The molecule has 1 aromatic carbocycles. The number of nitrogens with zero attached hydrogens (tertiary/aromatic N) is 2. The number of fused-ring (bicyclic) bond motifs is 1. The van der Waals surface area contributed by atoms with Crippen molar-refractivity contribution in [2.45, 2.75) is 6.92 Å². The van der Waals surface area contributed by atoms with E-state index in [9.17, 15) is 9.18 Å². The van der Waals surface area contributed by atoms with Crippen LogP contribution in [0.1, 0.15) is 16.1 Å². The molecule has 0 saturated carbocycles. The van der Waals surface area contributed by atoms with Gasteiger partial charge in [0, 0.05) is 23.5 Å². The van der Waals surface area contributed by atoms with E-state index in [4.69, 9.17) is 0 Å². The van der Waals surface area contributed by atoms with Gasteiger partial charge >= 0.3 is 0 Å². The zero-order chi connectivity index (χ0) is 14.8. The van der Waals surface area contributed by atoms with Gasteiger partial charge in [0.15, 0.2) is 0 Å². The number of benzene rings is 1. The Labute approximate surface area is 120 Å². The molecule has 3 rings (SSSR count). The second-order valence-electron chi connectivity index (χ2n) is 4.65. The standard InChI is InChI=1S/C16H12FN3O/c1-10-14(8-11-9-18-7-6-15(11)19-10)16(21)20-13-4-2-12(17)3-5-13/h2-9H,1H3,(H,20,21). The minimum atomic E-state index is -0.345. The summed E-state index contributed by atoms with van der Waals surface area (Å²) in [4.78, 5) is 20.7. The van der Waals surface area contributed by atoms with Crippen LogP contribution in [0.25, 0.3) is 10.9 Å². The third kappa shape index (κ3) is 2.72. The molecule has 0 spiro atoms. The molecule has 5 heteroatoms. The average molecular weight is 281 g/mol. The van der Waals surface area contributed by atoms with Crippen molar-refractivity contribution in [3.05, 3.63) is 65.9 Å². The molecule has 104 valence electrons. The van der Waals surface area contributed by atoms with Gasteiger partial charge < -0.3 is 5.32 Å². The van der Waals surface area contributed by atoms with Crippen LogP contribution in [0.15, 0.2) is 48.8 Å². The third-order valence-electron chi connectivity index (χ3n) is 3.15. The maximum Gasteiger partial charge on any atom is 0.257 e. The lowest BCUT2D eigenvalue weighted by molar-refractivity contribution is 0.102. The molecule has 3 aromatic rings. The van der Waals surface area contributed by atoms with Gasteiger partial charge in [0.2, 0.25) is 0 Å². The normalized spacial score (nSPS) is 10.6. The molecule has 21 heavy (non-hydrogen) atoms. The van der Waals surface area contributed by atoms with Crippen LogP contribution in [0.2, 0.25) is 0 Å². The number of amides is 1. The first kappa shape index (κ1) is 13.2. The summed E-state index contributed by atoms with van der Waals surface area (Å²) in [6.45, 7) is 1.78. The summed E-state index contributed by atoms with van der Waals surface area (Å²) < 4.78 is 12.9. The van der Waals surface area contributed by atoms with Crippen LogP contribution in [0.3, 0.4) is 0 Å². The number of anilines is 1. The topological polar surface area (TPSA) is 54.9 Å². The first-order valence-electron chi connectivity index (χ1n) is 6.42. The Balaban J connectivity index is 1.93. The van der Waals surface area contributed by atoms with E-state index in [2.05, 4.69) is 15.3 Å². The highest BCUT2D eigenvalue weighted by Gasteiger charge is 2.12. The molecule has 1 N–H and O–H groups in total. The Hall–Kier alpha value is -2.82. The van der Waals surface area contributed by atoms with E-state index in [1.165, 1.54) is 24.3 Å². The van der Waals surface area contributed by atoms with Gasteiger partial charge in [0.05, 0.1) is 16.8 Å². The Morgan fingerprint density at radius 1 is 1.19 bits per heavy atom. The van der Waals surface area contributed by atoms with Crippen LogP contribution in [0.5, 0.6) is 0 Å². The maximum atomic E-state index is 12.9. The van der Waals surface area contributed by atoms with E-state index >= 15 is 0 Å². The molecule has 0 radical (unpaired) electrons. The number of hydrogen-bond acceptors (Lipinski definition) is 3. The summed E-state index contributed by atoms with van der Waals surface area (Å²) >= 11 is 0. The molecule has 0 aliphatic rings. The fourth-order valence-electron chi connectivity index (χ4n) is 2.07. The predicted octanol–water partition coefficient (Wildman–Crippen LogP) is 3.33. The van der Waals surface area contributed by atoms with Crippen LogP contribution in [-0.4, -0.2) is 15.9 Å². The summed E-state index contributed by atoms with van der Waals surface area (Å²) in [7, 11) is 0. The number of rotatable bonds is 2. The third-order valence-corrected chi connectivity index (χ3v) is 3.15. The van der Waals surface area contributed by atoms with Crippen LogP contribution in [-0.2, 0) is 0 Å². The summed E-state index contributed by atoms with van der Waals surface area (Å²) in [6.07, 6.45) is 3.32. The van der Waals surface area contributed by atoms with Gasteiger partial charge in [-0.3, -0.25) is 14.8 Å². The number of nitrogens with one attached hydrogen (secondary N) is 1. The quantitative estimate of drug-likeness (QED) is 0.784. The molecule has 0 bridgehead atoms. The fraction of sp³-hybridized carbons (Fsp3) is 0.0625. The Morgan fingerprint density at radius 3 is 2.71 bits per heavy atom. The second-order valence-corrected chi connectivity index (χ2v) is 4.65. The van der Waals surface area contributed by atoms with Crippen molar-refractivity contribution in [2.75, 3.05) is 5.32 Å². The van der Waals surface area contributed by atoms with Crippen LogP contribution >= 0.6 is 0 Å². The fourth-order valence-corrected chi connectivity index (χ4v) is 2.07. The van der Waals surface area contributed by atoms with Crippen LogP contribution in [0.4, 0.5) is 10.1 Å². The van der Waals surface area contributed by atoms with Gasteiger partial charge in [-0.15, -0.1) is 0 Å². The van der Waals surface area contributed by atoms with E-state index < -0.39 is 0 Å². The van der Waals surface area contributed by atoms with E-state index in [1.807, 2.05) is 0 Å². The molecule has 0 fully saturated rings. The van der Waals surface area contributed by atoms with Crippen molar-refractivity contribution < 1.29 is 9.18 Å². The van der Waals surface area contributed by atoms with Gasteiger partial charge in [-0.2, -0.15) is 0 Å². The SMILES string of the molecule is Cc1nc2ccncc2cc1C(=O)Nc1ccc(F)cc1. The highest BCUT2D eigenvalue weighted by molar-refractivity contribution is 6.06. The first-order chi connectivity index (χ1) is 10.1. The maximum absolute atomic E-state index is 12.9. The number of aryl methyl sites for hydroxylation is 1. The predicted molar refractivity (Wildman–Crippen MR) is 78.6 cm³/mol. The number of hydrogen-bond donors (Lipinski definition) is 1. The average Bonchev–Trinajstić information content (AvgIpc) is 2.49. The lowest BCUT2D eigenvalue weighted by atomic mass is 10.1. The molecule has 0 atom stereocenters. The monoisotopic (exact) mass is 281 g/mol. The van der Waals surface area contributed by atoms with E-state index in [0.717, 1.165) is 10.9 Å². The van der Waals surface area contributed by atoms with Crippen molar-refractivity contribution in [3.63, 3.8) is 0 Å². The second kappa shape index (κ2) is 5.28. The Kier molecular flexibility index (Phi) is 3.31. The molecular formula is C16H12FN3O. The van der Waals surface area contributed by atoms with Gasteiger partial charge in [0.25, 0.3) is 5.91 Å². The van der Waals surface area contributed by atoms with E-state index in [-0.39, 0.29) is 11.7 Å². The molecule has 0 aliphatic carbocycles. The minimum absolute atomic E-state index is 0.280. The molecule has 1 amide bonds. The van der Waals surface area contributed by atoms with Gasteiger partial charge in [-0.05, 0) is 43.3 Å². The van der Waals surface area contributed by atoms with Crippen molar-refractivity contribution in [3.8, 4) is 0 Å². The minimum Gasteiger partial charge on any atom is -0.322 e. The summed E-state index contributed by atoms with van der Waals surface area (Å²) in [5, 5.41) is 3.52. The van der Waals surface area contributed by atoms with Crippen LogP contribution in [0, 0.1) is 12.7 Å². The smallest absolute Gasteiger partial charge is 0.257 e. The molecule has 2 aromatic heterocycles. The van der Waals surface area contributed by atoms with Gasteiger partial charge in [0.1, 0.15) is 5.82 Å². The summed E-state index contributed by atoms with van der Waals surface area (Å²) in [5.41, 5.74) is 2.43. The van der Waals surface area contributed by atoms with E-state index in [1.54, 1.807) is 31.5 Å². The highest BCUT2D eigenvalue weighted by Crippen LogP contribution is 2.17. The summed E-state index contributed by atoms with van der Waals surface area (Å²) in [5.74, 6) is -0.625. The lowest BCUT2D eigenvalue weighted by Gasteiger charge is -2.08. The van der Waals surface area contributed by atoms with Crippen LogP contribution < -0.4 is 5.32 Å². The number of halogens is 1. The van der Waals surface area contributed by atoms with Gasteiger partial charge in [-0.25, -0.2) is 4.39 Å². The number of aromatic nitrogens is 2. The molecule has 4 nitrogen and oxygen atoms in total. The van der Waals surface area contributed by atoms with Crippen molar-refractivity contribution in [1.29, 1.82) is 0 Å².